The molecule has 0 radical (unpaired) electrons. The molecule has 1 unspecified atom stereocenters. The Balaban J connectivity index is 2.23. The summed E-state index contributed by atoms with van der Waals surface area (Å²) in [5, 5.41) is 9.57. The lowest BCUT2D eigenvalue weighted by Gasteiger charge is -2.08. The van der Waals surface area contributed by atoms with Gasteiger partial charge in [0.05, 0.1) is 6.10 Å². The van der Waals surface area contributed by atoms with Crippen molar-refractivity contribution >= 4 is 11.6 Å². The normalized spacial score (nSPS) is 13.1. The van der Waals surface area contributed by atoms with E-state index in [-0.39, 0.29) is 6.10 Å². The molecule has 80 valence electrons. The van der Waals surface area contributed by atoms with Crippen molar-refractivity contribution in [1.29, 1.82) is 0 Å². The van der Waals surface area contributed by atoms with Crippen molar-refractivity contribution in [1.82, 2.24) is 9.55 Å². The van der Waals surface area contributed by atoms with Crippen molar-refractivity contribution in [3.63, 3.8) is 0 Å². The summed E-state index contributed by atoms with van der Waals surface area (Å²) < 4.78 is 1.98. The largest absolute Gasteiger partial charge is 0.393 e. The van der Waals surface area contributed by atoms with E-state index in [4.69, 9.17) is 11.6 Å². The maximum absolute atomic E-state index is 9.57. The number of hydrogen-bond acceptors (Lipinski definition) is 2. The Morgan fingerprint density at radius 1 is 1.57 bits per heavy atom. The molecule has 1 heterocycles. The molecule has 4 heteroatoms. The van der Waals surface area contributed by atoms with Gasteiger partial charge in [-0.1, -0.05) is 0 Å². The molecule has 0 fully saturated rings. The molecule has 0 spiro atoms. The zero-order valence-electron chi connectivity index (χ0n) is 8.49. The molecular weight excluding hydrogens is 200 g/mol. The highest BCUT2D eigenvalue weighted by Gasteiger charge is 2.06. The lowest BCUT2D eigenvalue weighted by molar-refractivity contribution is 0.153. The number of halogens is 1. The second-order valence-electron chi connectivity index (χ2n) is 3.48. The zero-order chi connectivity index (χ0) is 10.4. The van der Waals surface area contributed by atoms with Gasteiger partial charge in [-0.2, -0.15) is 0 Å². The number of imidazole rings is 1. The average Bonchev–Trinajstić information content (AvgIpc) is 2.58. The van der Waals surface area contributed by atoms with Gasteiger partial charge in [0.2, 0.25) is 0 Å². The van der Waals surface area contributed by atoms with Crippen LogP contribution in [0.2, 0.25) is 0 Å². The summed E-state index contributed by atoms with van der Waals surface area (Å²) in [6, 6.07) is 0. The summed E-state index contributed by atoms with van der Waals surface area (Å²) in [6.45, 7) is 0. The van der Waals surface area contributed by atoms with Crippen molar-refractivity contribution < 1.29 is 5.11 Å². The number of aliphatic hydroxyl groups excluding tert-OH is 1. The highest BCUT2D eigenvalue weighted by molar-refractivity contribution is 6.17. The first-order valence-electron chi connectivity index (χ1n) is 4.94. The van der Waals surface area contributed by atoms with Crippen LogP contribution in [0.15, 0.2) is 12.4 Å². The summed E-state index contributed by atoms with van der Waals surface area (Å²) in [5.41, 5.74) is 0. The Hall–Kier alpha value is -0.540. The number of hydrogen-bond donors (Lipinski definition) is 1. The van der Waals surface area contributed by atoms with Gasteiger partial charge in [0.25, 0.3) is 0 Å². The maximum atomic E-state index is 9.57. The first-order valence-corrected chi connectivity index (χ1v) is 5.47. The molecule has 3 nitrogen and oxygen atoms in total. The fraction of sp³-hybridized carbons (Fsp3) is 0.700. The van der Waals surface area contributed by atoms with E-state index in [0.717, 1.165) is 31.5 Å². The Morgan fingerprint density at radius 3 is 2.93 bits per heavy atom. The number of aliphatic hydroxyl groups is 1. The van der Waals surface area contributed by atoms with Crippen LogP contribution < -0.4 is 0 Å². The number of nitrogens with zero attached hydrogens (tertiary/aromatic N) is 2. The first-order chi connectivity index (χ1) is 6.74. The van der Waals surface area contributed by atoms with Crippen LogP contribution in [-0.4, -0.2) is 26.6 Å². The average molecular weight is 217 g/mol. The smallest absolute Gasteiger partial charge is 0.108 e. The lowest BCUT2D eigenvalue weighted by Crippen LogP contribution is -2.10. The van der Waals surface area contributed by atoms with Crippen LogP contribution in [-0.2, 0) is 13.5 Å². The van der Waals surface area contributed by atoms with E-state index in [2.05, 4.69) is 4.98 Å². The highest BCUT2D eigenvalue weighted by Crippen LogP contribution is 2.07. The van der Waals surface area contributed by atoms with Gasteiger partial charge in [0.15, 0.2) is 0 Å². The second-order valence-corrected chi connectivity index (χ2v) is 3.86. The van der Waals surface area contributed by atoms with Gasteiger partial charge in [-0.05, 0) is 19.3 Å². The molecule has 0 amide bonds. The quantitative estimate of drug-likeness (QED) is 0.736. The molecule has 1 N–H and O–H groups in total. The highest BCUT2D eigenvalue weighted by atomic mass is 35.5. The summed E-state index contributed by atoms with van der Waals surface area (Å²) >= 11 is 5.54. The molecule has 0 bridgehead atoms. The Bertz CT molecular complexity index is 262. The predicted molar refractivity (Wildman–Crippen MR) is 57.5 cm³/mol. The minimum atomic E-state index is -0.245. The van der Waals surface area contributed by atoms with Crippen molar-refractivity contribution in [3.8, 4) is 0 Å². The van der Waals surface area contributed by atoms with E-state index in [0.29, 0.717) is 5.88 Å². The van der Waals surface area contributed by atoms with Crippen LogP contribution in [0.5, 0.6) is 0 Å². The molecule has 0 saturated carbocycles. The maximum Gasteiger partial charge on any atom is 0.108 e. The predicted octanol–water partition coefficient (Wildman–Crippen LogP) is 1.73. The summed E-state index contributed by atoms with van der Waals surface area (Å²) in [5.74, 6) is 1.65. The van der Waals surface area contributed by atoms with Crippen LogP contribution in [0.25, 0.3) is 0 Å². The molecular formula is C10H17ClN2O. The van der Waals surface area contributed by atoms with E-state index in [1.807, 2.05) is 17.8 Å². The van der Waals surface area contributed by atoms with Gasteiger partial charge in [-0.3, -0.25) is 0 Å². The number of rotatable bonds is 6. The molecule has 1 rings (SSSR count). The molecule has 0 aliphatic heterocycles. The third-order valence-corrected chi connectivity index (χ3v) is 2.56. The number of aryl methyl sites for hydroxylation is 2. The number of alkyl halides is 1. The molecule has 1 aromatic heterocycles. The molecule has 0 aliphatic rings. The molecule has 14 heavy (non-hydrogen) atoms. The fourth-order valence-electron chi connectivity index (χ4n) is 1.39. The molecule has 0 saturated heterocycles. The van der Waals surface area contributed by atoms with Crippen molar-refractivity contribution in [3.05, 3.63) is 18.2 Å². The fourth-order valence-corrected chi connectivity index (χ4v) is 1.54. The Labute approximate surface area is 89.7 Å². The van der Waals surface area contributed by atoms with Gasteiger partial charge in [0.1, 0.15) is 5.82 Å². The van der Waals surface area contributed by atoms with Gasteiger partial charge in [-0.25, -0.2) is 4.98 Å². The minimum absolute atomic E-state index is 0.245. The molecule has 0 aliphatic carbocycles. The SMILES string of the molecule is Cn1ccnc1CCC(O)CCCCl. The Kier molecular flexibility index (Phi) is 4.98. The standard InChI is InChI=1S/C10H17ClN2O/c1-13-8-7-12-10(13)5-4-9(14)3-2-6-11/h7-9,14H,2-6H2,1H3. The zero-order valence-corrected chi connectivity index (χ0v) is 9.24. The van der Waals surface area contributed by atoms with Crippen LogP contribution in [0, 0.1) is 0 Å². The van der Waals surface area contributed by atoms with Gasteiger partial charge >= 0.3 is 0 Å². The van der Waals surface area contributed by atoms with E-state index in [1.54, 1.807) is 6.20 Å². The summed E-state index contributed by atoms with van der Waals surface area (Å²) in [7, 11) is 1.97. The second kappa shape index (κ2) is 6.04. The van der Waals surface area contributed by atoms with Crippen LogP contribution >= 0.6 is 11.6 Å². The van der Waals surface area contributed by atoms with Gasteiger partial charge < -0.3 is 9.67 Å². The van der Waals surface area contributed by atoms with Crippen molar-refractivity contribution in [2.75, 3.05) is 5.88 Å². The van der Waals surface area contributed by atoms with E-state index < -0.39 is 0 Å². The van der Waals surface area contributed by atoms with Crippen molar-refractivity contribution in [2.24, 2.45) is 7.05 Å². The minimum Gasteiger partial charge on any atom is -0.393 e. The topological polar surface area (TPSA) is 38.0 Å². The van der Waals surface area contributed by atoms with E-state index >= 15 is 0 Å². The van der Waals surface area contributed by atoms with Crippen molar-refractivity contribution in [2.45, 2.75) is 31.8 Å². The third-order valence-electron chi connectivity index (χ3n) is 2.29. The summed E-state index contributed by atoms with van der Waals surface area (Å²) in [6.07, 6.45) is 6.71. The monoisotopic (exact) mass is 216 g/mol. The van der Waals surface area contributed by atoms with Gasteiger partial charge in [-0.15, -0.1) is 11.6 Å². The first kappa shape index (κ1) is 11.5. The van der Waals surface area contributed by atoms with E-state index in [1.165, 1.54) is 0 Å². The molecule has 1 atom stereocenters. The Morgan fingerprint density at radius 2 is 2.36 bits per heavy atom. The lowest BCUT2D eigenvalue weighted by atomic mass is 10.1. The summed E-state index contributed by atoms with van der Waals surface area (Å²) in [4.78, 5) is 4.19. The van der Waals surface area contributed by atoms with E-state index in [9.17, 15) is 5.11 Å². The number of aromatic nitrogens is 2. The molecule has 0 aromatic carbocycles. The van der Waals surface area contributed by atoms with Crippen LogP contribution in [0.4, 0.5) is 0 Å². The van der Waals surface area contributed by atoms with Crippen LogP contribution in [0.3, 0.4) is 0 Å². The third kappa shape index (κ3) is 3.68. The van der Waals surface area contributed by atoms with Gasteiger partial charge in [0, 0.05) is 31.7 Å². The van der Waals surface area contributed by atoms with Crippen LogP contribution in [0.1, 0.15) is 25.1 Å². The molecule has 1 aromatic rings.